The van der Waals surface area contributed by atoms with Crippen molar-refractivity contribution in [1.82, 2.24) is 0 Å². The molecule has 0 amide bonds. The molecule has 0 aromatic heterocycles. The molecule has 0 aliphatic rings. The van der Waals surface area contributed by atoms with Crippen LogP contribution in [0.4, 0.5) is 0 Å². The first kappa shape index (κ1) is 44.7. The molecule has 1 unspecified atom stereocenters. The van der Waals surface area contributed by atoms with E-state index in [0.29, 0.717) is 12.8 Å². The summed E-state index contributed by atoms with van der Waals surface area (Å²) in [5.41, 5.74) is 0. The Bertz CT molecular complexity index is 791. The van der Waals surface area contributed by atoms with Gasteiger partial charge < -0.3 is 24.6 Å². The summed E-state index contributed by atoms with van der Waals surface area (Å²) in [6, 6.07) is 0. The molecule has 0 aliphatic heterocycles. The summed E-state index contributed by atoms with van der Waals surface area (Å²) in [4.78, 5) is 34.6. The SMILES string of the molecule is CCCC/C=C/CCCCCCCCCCCC(=O)O[C@H](COC(=O)CCCCCCCCCC)COP(=O)(O)OC[C@@H](O)CO. The van der Waals surface area contributed by atoms with Crippen LogP contribution < -0.4 is 0 Å². The van der Waals surface area contributed by atoms with E-state index in [4.69, 9.17) is 19.1 Å². The van der Waals surface area contributed by atoms with Crippen molar-refractivity contribution in [1.29, 1.82) is 0 Å². The first-order valence-electron chi connectivity index (χ1n) is 18.1. The van der Waals surface area contributed by atoms with Crippen LogP contribution in [0.3, 0.4) is 0 Å². The standard InChI is InChI=1S/C35H67O10P/c1-3-5-7-9-11-13-14-15-16-17-18-19-21-23-25-27-35(39)45-33(31-44-46(40,41)43-29-32(37)28-36)30-42-34(38)26-24-22-20-12-10-8-6-4-2/h9,11,32-33,36-37H,3-8,10,12-31H2,1-2H3,(H,40,41)/b11-9+/t32-,33+/m0/s1. The molecule has 0 bridgehead atoms. The Balaban J connectivity index is 4.34. The van der Waals surface area contributed by atoms with Crippen molar-refractivity contribution in [2.75, 3.05) is 26.4 Å². The van der Waals surface area contributed by atoms with E-state index in [1.807, 2.05) is 0 Å². The Kier molecular flexibility index (Phi) is 31.4. The second-order valence-corrected chi connectivity index (χ2v) is 13.7. The van der Waals surface area contributed by atoms with Gasteiger partial charge in [-0.15, -0.1) is 0 Å². The predicted octanol–water partition coefficient (Wildman–Crippen LogP) is 8.50. The van der Waals surface area contributed by atoms with E-state index in [-0.39, 0.29) is 19.4 Å². The van der Waals surface area contributed by atoms with Crippen LogP contribution in [-0.4, -0.2) is 65.7 Å². The van der Waals surface area contributed by atoms with Gasteiger partial charge in [-0.05, 0) is 32.1 Å². The predicted molar refractivity (Wildman–Crippen MR) is 182 cm³/mol. The Morgan fingerprint density at radius 2 is 1.09 bits per heavy atom. The van der Waals surface area contributed by atoms with E-state index in [1.165, 1.54) is 83.5 Å². The summed E-state index contributed by atoms with van der Waals surface area (Å²) >= 11 is 0. The Hall–Kier alpha value is -1.29. The molecule has 0 aliphatic carbocycles. The summed E-state index contributed by atoms with van der Waals surface area (Å²) in [7, 11) is -4.60. The number of ether oxygens (including phenoxy) is 2. The van der Waals surface area contributed by atoms with Gasteiger partial charge in [0, 0.05) is 12.8 Å². The molecule has 0 aromatic rings. The number of esters is 2. The molecule has 0 aromatic carbocycles. The Morgan fingerprint density at radius 3 is 1.63 bits per heavy atom. The molecule has 272 valence electrons. The number of carbonyl (C=O) groups excluding carboxylic acids is 2. The van der Waals surface area contributed by atoms with Gasteiger partial charge in [-0.25, -0.2) is 4.57 Å². The van der Waals surface area contributed by atoms with Gasteiger partial charge >= 0.3 is 19.8 Å². The van der Waals surface area contributed by atoms with Crippen molar-refractivity contribution in [3.63, 3.8) is 0 Å². The molecule has 0 radical (unpaired) electrons. The van der Waals surface area contributed by atoms with Gasteiger partial charge in [-0.1, -0.05) is 129 Å². The summed E-state index contributed by atoms with van der Waals surface area (Å²) in [6.07, 6.45) is 26.2. The van der Waals surface area contributed by atoms with E-state index in [9.17, 15) is 24.2 Å². The summed E-state index contributed by atoms with van der Waals surface area (Å²) in [6.45, 7) is 2.30. The molecule has 11 heteroatoms. The average molecular weight is 679 g/mol. The molecule has 0 heterocycles. The first-order chi connectivity index (χ1) is 22.2. The number of allylic oxidation sites excluding steroid dienone is 2. The van der Waals surface area contributed by atoms with E-state index in [0.717, 1.165) is 38.5 Å². The molecule has 3 atom stereocenters. The number of rotatable bonds is 34. The molecule has 0 saturated carbocycles. The van der Waals surface area contributed by atoms with Crippen LogP contribution in [0.5, 0.6) is 0 Å². The minimum absolute atomic E-state index is 0.185. The highest BCUT2D eigenvalue weighted by Crippen LogP contribution is 2.43. The number of unbranched alkanes of at least 4 members (excludes halogenated alkanes) is 18. The lowest BCUT2D eigenvalue weighted by Crippen LogP contribution is -2.29. The highest BCUT2D eigenvalue weighted by atomic mass is 31.2. The molecular formula is C35H67O10P. The van der Waals surface area contributed by atoms with Gasteiger partial charge in [0.1, 0.15) is 12.7 Å². The molecule has 0 saturated heterocycles. The molecular weight excluding hydrogens is 611 g/mol. The smallest absolute Gasteiger partial charge is 0.462 e. The molecule has 0 fully saturated rings. The van der Waals surface area contributed by atoms with Crippen molar-refractivity contribution < 1.29 is 47.8 Å². The van der Waals surface area contributed by atoms with Gasteiger partial charge in [0.15, 0.2) is 6.10 Å². The fourth-order valence-corrected chi connectivity index (χ4v) is 5.59. The van der Waals surface area contributed by atoms with Gasteiger partial charge in [0.25, 0.3) is 0 Å². The van der Waals surface area contributed by atoms with Gasteiger partial charge in [0.05, 0.1) is 19.8 Å². The second-order valence-electron chi connectivity index (χ2n) is 12.3. The maximum atomic E-state index is 12.5. The lowest BCUT2D eigenvalue weighted by molar-refractivity contribution is -0.161. The van der Waals surface area contributed by atoms with Crippen LogP contribution in [0.1, 0.15) is 162 Å². The zero-order valence-corrected chi connectivity index (χ0v) is 29.9. The topological polar surface area (TPSA) is 149 Å². The minimum Gasteiger partial charge on any atom is -0.462 e. The Morgan fingerprint density at radius 1 is 0.630 bits per heavy atom. The molecule has 10 nitrogen and oxygen atoms in total. The minimum atomic E-state index is -4.60. The van der Waals surface area contributed by atoms with Gasteiger partial charge in [-0.2, -0.15) is 0 Å². The van der Waals surface area contributed by atoms with Crippen molar-refractivity contribution in [3.8, 4) is 0 Å². The van der Waals surface area contributed by atoms with Crippen LogP contribution >= 0.6 is 7.82 Å². The van der Waals surface area contributed by atoms with Crippen LogP contribution in [0.2, 0.25) is 0 Å². The van der Waals surface area contributed by atoms with E-state index in [1.54, 1.807) is 0 Å². The number of hydrogen-bond acceptors (Lipinski definition) is 9. The van der Waals surface area contributed by atoms with Crippen molar-refractivity contribution in [2.45, 2.75) is 174 Å². The third-order valence-electron chi connectivity index (χ3n) is 7.67. The number of aliphatic hydroxyl groups excluding tert-OH is 2. The maximum Gasteiger partial charge on any atom is 0.472 e. The third kappa shape index (κ3) is 31.3. The van der Waals surface area contributed by atoms with E-state index in [2.05, 4.69) is 30.5 Å². The number of aliphatic hydroxyl groups is 2. The number of carbonyl (C=O) groups is 2. The van der Waals surface area contributed by atoms with Crippen LogP contribution in [-0.2, 0) is 32.7 Å². The molecule has 46 heavy (non-hydrogen) atoms. The van der Waals surface area contributed by atoms with Gasteiger partial charge in [-0.3, -0.25) is 18.6 Å². The quantitative estimate of drug-likeness (QED) is 0.0262. The van der Waals surface area contributed by atoms with Gasteiger partial charge in [0.2, 0.25) is 0 Å². The fourth-order valence-electron chi connectivity index (χ4n) is 4.80. The normalized spacial score (nSPS) is 14.3. The lowest BCUT2D eigenvalue weighted by Gasteiger charge is -2.20. The number of hydrogen-bond donors (Lipinski definition) is 3. The number of phosphoric acid groups is 1. The molecule has 0 spiro atoms. The lowest BCUT2D eigenvalue weighted by atomic mass is 10.1. The van der Waals surface area contributed by atoms with Crippen LogP contribution in [0, 0.1) is 0 Å². The highest BCUT2D eigenvalue weighted by Gasteiger charge is 2.27. The summed E-state index contributed by atoms with van der Waals surface area (Å²) in [5, 5.41) is 18.2. The molecule has 3 N–H and O–H groups in total. The molecule has 0 rings (SSSR count). The largest absolute Gasteiger partial charge is 0.472 e. The van der Waals surface area contributed by atoms with Crippen molar-refractivity contribution in [2.24, 2.45) is 0 Å². The zero-order valence-electron chi connectivity index (χ0n) is 29.0. The van der Waals surface area contributed by atoms with E-state index < -0.39 is 51.8 Å². The summed E-state index contributed by atoms with van der Waals surface area (Å²) in [5.74, 6) is -0.929. The maximum absolute atomic E-state index is 12.5. The van der Waals surface area contributed by atoms with Crippen LogP contribution in [0.25, 0.3) is 0 Å². The monoisotopic (exact) mass is 678 g/mol. The highest BCUT2D eigenvalue weighted by molar-refractivity contribution is 7.47. The first-order valence-corrected chi connectivity index (χ1v) is 19.6. The van der Waals surface area contributed by atoms with Crippen molar-refractivity contribution in [3.05, 3.63) is 12.2 Å². The second kappa shape index (κ2) is 32.3. The zero-order chi connectivity index (χ0) is 34.1. The average Bonchev–Trinajstić information content (AvgIpc) is 3.04. The third-order valence-corrected chi connectivity index (χ3v) is 8.62. The summed E-state index contributed by atoms with van der Waals surface area (Å²) < 4.78 is 32.5. The fraction of sp³-hybridized carbons (Fsp3) is 0.886. The van der Waals surface area contributed by atoms with Crippen molar-refractivity contribution >= 4 is 19.8 Å². The Labute approximate surface area is 279 Å². The number of phosphoric ester groups is 1. The van der Waals surface area contributed by atoms with Crippen LogP contribution in [0.15, 0.2) is 12.2 Å². The van der Waals surface area contributed by atoms with E-state index >= 15 is 0 Å².